The molecule has 0 amide bonds. The first-order chi connectivity index (χ1) is 11.5. The maximum absolute atomic E-state index is 13.3. The fourth-order valence-corrected chi connectivity index (χ4v) is 1.99. The summed E-state index contributed by atoms with van der Waals surface area (Å²) >= 11 is 0. The van der Waals surface area contributed by atoms with E-state index in [2.05, 4.69) is 6.92 Å². The molecule has 0 aliphatic heterocycles. The van der Waals surface area contributed by atoms with Gasteiger partial charge in [0.1, 0.15) is 0 Å². The zero-order valence-corrected chi connectivity index (χ0v) is 14.3. The molecular weight excluding hydrogens is 315 g/mol. The largest absolute Gasteiger partial charge is 0.466 e. The molecule has 1 aromatic rings. The van der Waals surface area contributed by atoms with Crippen LogP contribution in [0.5, 0.6) is 5.75 Å². The minimum Gasteiger partial charge on any atom is -0.466 e. The number of hydrogen-bond donors (Lipinski definition) is 0. The maximum Gasteiger partial charge on any atom is 0.311 e. The summed E-state index contributed by atoms with van der Waals surface area (Å²) < 4.78 is 28.3. The third-order valence-electron chi connectivity index (χ3n) is 3.51. The van der Waals surface area contributed by atoms with Crippen molar-refractivity contribution in [3.63, 3.8) is 0 Å². The molecule has 0 aliphatic carbocycles. The lowest BCUT2D eigenvalue weighted by molar-refractivity contribution is -0.144. The van der Waals surface area contributed by atoms with Crippen molar-refractivity contribution in [1.82, 2.24) is 0 Å². The Balaban J connectivity index is 2.12. The molecule has 0 aliphatic rings. The number of rotatable bonds is 11. The summed E-state index contributed by atoms with van der Waals surface area (Å²) in [5.41, 5.74) is 0. The van der Waals surface area contributed by atoms with Crippen LogP contribution in [0.2, 0.25) is 0 Å². The van der Waals surface area contributed by atoms with Crippen LogP contribution in [-0.2, 0) is 19.1 Å². The highest BCUT2D eigenvalue weighted by Gasteiger charge is 2.11. The Kier molecular flexibility index (Phi) is 9.68. The summed E-state index contributed by atoms with van der Waals surface area (Å²) in [5.74, 6) is -1.18. The molecule has 0 radical (unpaired) electrons. The maximum atomic E-state index is 13.3. The molecule has 6 heteroatoms. The third-order valence-corrected chi connectivity index (χ3v) is 3.51. The summed E-state index contributed by atoms with van der Waals surface area (Å²) in [6.07, 6.45) is 2.19. The number of methoxy groups -OCH3 is 1. The quantitative estimate of drug-likeness (QED) is 0.456. The molecule has 1 aromatic carbocycles. The van der Waals surface area contributed by atoms with E-state index in [1.165, 1.54) is 18.2 Å². The van der Waals surface area contributed by atoms with Gasteiger partial charge in [-0.05, 0) is 37.3 Å². The molecule has 1 rings (SSSR count). The number of carbonyl (C=O) groups is 2. The van der Waals surface area contributed by atoms with Gasteiger partial charge in [-0.2, -0.15) is 0 Å². The second-order valence-corrected chi connectivity index (χ2v) is 5.65. The smallest absolute Gasteiger partial charge is 0.311 e. The molecule has 0 N–H and O–H groups in total. The fourth-order valence-electron chi connectivity index (χ4n) is 1.99. The predicted molar refractivity (Wildman–Crippen MR) is 87.1 cm³/mol. The van der Waals surface area contributed by atoms with Gasteiger partial charge in [0.2, 0.25) is 0 Å². The van der Waals surface area contributed by atoms with E-state index < -0.39 is 11.8 Å². The number of hydrogen-bond acceptors (Lipinski definition) is 5. The van der Waals surface area contributed by atoms with Crippen molar-refractivity contribution < 1.29 is 28.2 Å². The van der Waals surface area contributed by atoms with Gasteiger partial charge in [0.25, 0.3) is 0 Å². The van der Waals surface area contributed by atoms with E-state index in [4.69, 9.17) is 14.2 Å². The monoisotopic (exact) mass is 340 g/mol. The molecule has 0 heterocycles. The highest BCUT2D eigenvalue weighted by Crippen LogP contribution is 2.16. The first kappa shape index (κ1) is 20.1. The van der Waals surface area contributed by atoms with Crippen LogP contribution in [0.25, 0.3) is 0 Å². The summed E-state index contributed by atoms with van der Waals surface area (Å²) in [7, 11) is 1.66. The van der Waals surface area contributed by atoms with Gasteiger partial charge in [-0.25, -0.2) is 4.39 Å². The van der Waals surface area contributed by atoms with Gasteiger partial charge in [0, 0.05) is 26.6 Å². The van der Waals surface area contributed by atoms with Gasteiger partial charge in [-0.1, -0.05) is 19.1 Å². The number of carbonyl (C=O) groups excluding carboxylic acids is 2. The van der Waals surface area contributed by atoms with Crippen LogP contribution in [0.3, 0.4) is 0 Å². The Labute approximate surface area is 142 Å². The Morgan fingerprint density at radius 2 is 1.75 bits per heavy atom. The Morgan fingerprint density at radius 3 is 2.46 bits per heavy atom. The molecule has 1 unspecified atom stereocenters. The van der Waals surface area contributed by atoms with Crippen molar-refractivity contribution in [1.29, 1.82) is 0 Å². The minimum absolute atomic E-state index is 0.0354. The number of esters is 2. The van der Waals surface area contributed by atoms with Crippen molar-refractivity contribution in [3.8, 4) is 5.75 Å². The highest BCUT2D eigenvalue weighted by atomic mass is 19.1. The Morgan fingerprint density at radius 1 is 1.08 bits per heavy atom. The Bertz CT molecular complexity index is 518. The van der Waals surface area contributed by atoms with Crippen molar-refractivity contribution in [2.45, 2.75) is 39.0 Å². The molecule has 0 aromatic heterocycles. The molecular formula is C18H25FO5. The minimum atomic E-state index is -0.590. The van der Waals surface area contributed by atoms with Crippen molar-refractivity contribution in [2.24, 2.45) is 5.92 Å². The van der Waals surface area contributed by atoms with Gasteiger partial charge < -0.3 is 14.2 Å². The summed E-state index contributed by atoms with van der Waals surface area (Å²) in [6.45, 7) is 3.13. The average molecular weight is 340 g/mol. The van der Waals surface area contributed by atoms with Gasteiger partial charge in [0.15, 0.2) is 11.6 Å². The lowest BCUT2D eigenvalue weighted by Gasteiger charge is -2.11. The molecule has 0 saturated heterocycles. The predicted octanol–water partition coefficient (Wildman–Crippen LogP) is 3.51. The zero-order chi connectivity index (χ0) is 17.8. The lowest BCUT2D eigenvalue weighted by atomic mass is 10.1. The van der Waals surface area contributed by atoms with Crippen LogP contribution in [0.15, 0.2) is 24.3 Å². The SMILES string of the molecule is COCCC(C)CCOC(=O)CCCC(=O)Oc1ccccc1F. The number of para-hydroxylation sites is 1. The molecule has 5 nitrogen and oxygen atoms in total. The molecule has 0 spiro atoms. The van der Waals surface area contributed by atoms with Gasteiger partial charge in [0.05, 0.1) is 6.61 Å². The highest BCUT2D eigenvalue weighted by molar-refractivity contribution is 5.74. The molecule has 24 heavy (non-hydrogen) atoms. The van der Waals surface area contributed by atoms with Gasteiger partial charge in [-0.3, -0.25) is 9.59 Å². The lowest BCUT2D eigenvalue weighted by Crippen LogP contribution is -2.12. The number of halogens is 1. The van der Waals surface area contributed by atoms with Crippen molar-refractivity contribution in [3.05, 3.63) is 30.1 Å². The number of ether oxygens (including phenoxy) is 3. The normalized spacial score (nSPS) is 11.8. The van der Waals surface area contributed by atoms with E-state index in [1.54, 1.807) is 13.2 Å². The third kappa shape index (κ3) is 8.62. The first-order valence-electron chi connectivity index (χ1n) is 8.12. The van der Waals surface area contributed by atoms with Crippen LogP contribution >= 0.6 is 0 Å². The van der Waals surface area contributed by atoms with Crippen LogP contribution in [0, 0.1) is 11.7 Å². The van der Waals surface area contributed by atoms with E-state index in [9.17, 15) is 14.0 Å². The molecule has 1 atom stereocenters. The first-order valence-corrected chi connectivity index (χ1v) is 8.12. The van der Waals surface area contributed by atoms with Crippen molar-refractivity contribution in [2.75, 3.05) is 20.3 Å². The summed E-state index contributed by atoms with van der Waals surface area (Å²) in [6, 6.07) is 5.69. The van der Waals surface area contributed by atoms with E-state index in [-0.39, 0.29) is 24.6 Å². The second kappa shape index (κ2) is 11.6. The summed E-state index contributed by atoms with van der Waals surface area (Å²) in [5, 5.41) is 0. The fraction of sp³-hybridized carbons (Fsp3) is 0.556. The van der Waals surface area contributed by atoms with E-state index >= 15 is 0 Å². The molecule has 0 fully saturated rings. The molecule has 134 valence electrons. The van der Waals surface area contributed by atoms with Crippen LogP contribution < -0.4 is 4.74 Å². The Hall–Kier alpha value is -1.95. The summed E-state index contributed by atoms with van der Waals surface area (Å²) in [4.78, 5) is 23.2. The van der Waals surface area contributed by atoms with Crippen molar-refractivity contribution >= 4 is 11.9 Å². The topological polar surface area (TPSA) is 61.8 Å². The standard InChI is InChI=1S/C18H25FO5/c1-14(10-12-22-2)11-13-23-17(20)8-5-9-18(21)24-16-7-4-3-6-15(16)19/h3-4,6-7,14H,5,8-13H2,1-2H3. The van der Waals surface area contributed by atoms with Crippen LogP contribution in [0.4, 0.5) is 4.39 Å². The number of benzene rings is 1. The van der Waals surface area contributed by atoms with Crippen LogP contribution in [0.1, 0.15) is 39.0 Å². The average Bonchev–Trinajstić information content (AvgIpc) is 2.55. The van der Waals surface area contributed by atoms with Gasteiger partial charge in [-0.15, -0.1) is 0 Å². The second-order valence-electron chi connectivity index (χ2n) is 5.65. The van der Waals surface area contributed by atoms with Crippen LogP contribution in [-0.4, -0.2) is 32.3 Å². The van der Waals surface area contributed by atoms with E-state index in [1.807, 2.05) is 0 Å². The molecule has 0 saturated carbocycles. The van der Waals surface area contributed by atoms with E-state index in [0.717, 1.165) is 12.8 Å². The van der Waals surface area contributed by atoms with Gasteiger partial charge >= 0.3 is 11.9 Å². The zero-order valence-electron chi connectivity index (χ0n) is 14.3. The molecule has 0 bridgehead atoms. The van der Waals surface area contributed by atoms with E-state index in [0.29, 0.717) is 25.6 Å².